The van der Waals surface area contributed by atoms with Gasteiger partial charge >= 0.3 is 0 Å². The van der Waals surface area contributed by atoms with Crippen LogP contribution in [0.3, 0.4) is 0 Å². The standard InChI is InChI=1S/C18H21BrO2/c1-21-17-9-6-12(11-16(17)19)10-14-7-8-15(18(14)20)13-4-2-3-5-13/h6,9-11,13,15H,2-5,7-8H2,1H3. The fraction of sp³-hybridized carbons (Fsp3) is 0.500. The van der Waals surface area contributed by atoms with E-state index in [-0.39, 0.29) is 0 Å². The zero-order valence-corrected chi connectivity index (χ0v) is 14.0. The van der Waals surface area contributed by atoms with Gasteiger partial charge in [0, 0.05) is 5.92 Å². The van der Waals surface area contributed by atoms with Crippen LogP contribution in [-0.2, 0) is 4.79 Å². The van der Waals surface area contributed by atoms with E-state index >= 15 is 0 Å². The highest BCUT2D eigenvalue weighted by atomic mass is 79.9. The van der Waals surface area contributed by atoms with E-state index in [1.165, 1.54) is 25.7 Å². The topological polar surface area (TPSA) is 26.3 Å². The van der Waals surface area contributed by atoms with Crippen molar-refractivity contribution in [2.45, 2.75) is 38.5 Å². The lowest BCUT2D eigenvalue weighted by Gasteiger charge is -2.15. The largest absolute Gasteiger partial charge is 0.496 e. The van der Waals surface area contributed by atoms with Crippen LogP contribution in [0, 0.1) is 11.8 Å². The first-order valence-corrected chi connectivity index (χ1v) is 8.56. The number of rotatable bonds is 3. The zero-order valence-electron chi connectivity index (χ0n) is 12.4. The average Bonchev–Trinajstić information content (AvgIpc) is 3.10. The molecule has 0 bridgehead atoms. The van der Waals surface area contributed by atoms with Gasteiger partial charge in [0.1, 0.15) is 5.75 Å². The molecule has 1 aromatic carbocycles. The van der Waals surface area contributed by atoms with E-state index in [0.29, 0.717) is 17.6 Å². The minimum atomic E-state index is 0.292. The predicted molar refractivity (Wildman–Crippen MR) is 88.4 cm³/mol. The molecule has 2 fully saturated rings. The lowest BCUT2D eigenvalue weighted by atomic mass is 9.88. The summed E-state index contributed by atoms with van der Waals surface area (Å²) in [7, 11) is 1.66. The van der Waals surface area contributed by atoms with Crippen LogP contribution in [0.15, 0.2) is 28.2 Å². The molecule has 0 spiro atoms. The Kier molecular flexibility index (Phi) is 4.48. The highest BCUT2D eigenvalue weighted by molar-refractivity contribution is 9.10. The second kappa shape index (κ2) is 6.35. The lowest BCUT2D eigenvalue weighted by Crippen LogP contribution is -2.16. The smallest absolute Gasteiger partial charge is 0.162 e. The van der Waals surface area contributed by atoms with E-state index in [1.54, 1.807) is 7.11 Å². The average molecular weight is 349 g/mol. The predicted octanol–water partition coefficient (Wildman–Crippen LogP) is 5.01. The second-order valence-electron chi connectivity index (χ2n) is 6.12. The van der Waals surface area contributed by atoms with Gasteiger partial charge in [0.15, 0.2) is 5.78 Å². The maximum absolute atomic E-state index is 12.6. The maximum atomic E-state index is 12.6. The summed E-state index contributed by atoms with van der Waals surface area (Å²) in [5, 5.41) is 0. The molecule has 112 valence electrons. The Hall–Kier alpha value is -1.09. The number of carbonyl (C=O) groups is 1. The number of methoxy groups -OCH3 is 1. The van der Waals surface area contributed by atoms with Crippen LogP contribution in [0.2, 0.25) is 0 Å². The monoisotopic (exact) mass is 348 g/mol. The van der Waals surface area contributed by atoms with Crippen LogP contribution < -0.4 is 4.74 Å². The summed E-state index contributed by atoms with van der Waals surface area (Å²) >= 11 is 3.50. The van der Waals surface area contributed by atoms with Gasteiger partial charge in [0.25, 0.3) is 0 Å². The van der Waals surface area contributed by atoms with Gasteiger partial charge in [0.2, 0.25) is 0 Å². The molecule has 0 aliphatic heterocycles. The summed E-state index contributed by atoms with van der Waals surface area (Å²) in [5.41, 5.74) is 2.07. The van der Waals surface area contributed by atoms with E-state index in [0.717, 1.165) is 34.2 Å². The van der Waals surface area contributed by atoms with E-state index in [2.05, 4.69) is 22.0 Å². The summed E-state index contributed by atoms with van der Waals surface area (Å²) in [6, 6.07) is 5.96. The first kappa shape index (κ1) is 14.8. The first-order valence-electron chi connectivity index (χ1n) is 7.77. The molecule has 2 aliphatic rings. The Morgan fingerprint density at radius 3 is 2.67 bits per heavy atom. The molecular formula is C18H21BrO2. The summed E-state index contributed by atoms with van der Waals surface area (Å²) < 4.78 is 6.17. The van der Waals surface area contributed by atoms with E-state index in [9.17, 15) is 4.79 Å². The molecule has 2 aliphatic carbocycles. The molecule has 0 heterocycles. The van der Waals surface area contributed by atoms with Crippen LogP contribution in [0.1, 0.15) is 44.1 Å². The normalized spacial score (nSPS) is 25.0. The molecule has 1 aromatic rings. The number of ketones is 1. The molecule has 1 atom stereocenters. The number of carbonyl (C=O) groups excluding carboxylic acids is 1. The molecule has 2 nitrogen and oxygen atoms in total. The van der Waals surface area contributed by atoms with Crippen molar-refractivity contribution in [1.29, 1.82) is 0 Å². The van der Waals surface area contributed by atoms with Gasteiger partial charge < -0.3 is 4.74 Å². The Morgan fingerprint density at radius 1 is 1.24 bits per heavy atom. The number of allylic oxidation sites excluding steroid dienone is 1. The summed E-state index contributed by atoms with van der Waals surface area (Å²) in [6.07, 6.45) is 9.14. The van der Waals surface area contributed by atoms with Crippen molar-refractivity contribution in [2.75, 3.05) is 7.11 Å². The number of ether oxygens (including phenoxy) is 1. The van der Waals surface area contributed by atoms with Crippen molar-refractivity contribution in [1.82, 2.24) is 0 Å². The zero-order chi connectivity index (χ0) is 14.8. The van der Waals surface area contributed by atoms with Crippen molar-refractivity contribution in [2.24, 2.45) is 11.8 Å². The Morgan fingerprint density at radius 2 is 2.00 bits per heavy atom. The minimum Gasteiger partial charge on any atom is -0.496 e. The third kappa shape index (κ3) is 3.08. The minimum absolute atomic E-state index is 0.292. The fourth-order valence-electron chi connectivity index (χ4n) is 3.73. The van der Waals surface area contributed by atoms with Gasteiger partial charge in [-0.1, -0.05) is 18.9 Å². The summed E-state index contributed by atoms with van der Waals surface area (Å²) in [5.74, 6) is 2.15. The highest BCUT2D eigenvalue weighted by Gasteiger charge is 2.36. The lowest BCUT2D eigenvalue weighted by molar-refractivity contribution is -0.119. The number of hydrogen-bond acceptors (Lipinski definition) is 2. The summed E-state index contributed by atoms with van der Waals surface area (Å²) in [4.78, 5) is 12.6. The molecule has 21 heavy (non-hydrogen) atoms. The Labute approximate surface area is 134 Å². The molecular weight excluding hydrogens is 328 g/mol. The number of halogens is 1. The highest BCUT2D eigenvalue weighted by Crippen LogP contribution is 2.41. The third-order valence-corrected chi connectivity index (χ3v) is 5.48. The van der Waals surface area contributed by atoms with Gasteiger partial charge in [-0.25, -0.2) is 0 Å². The van der Waals surface area contributed by atoms with Gasteiger partial charge in [0.05, 0.1) is 11.6 Å². The number of Topliss-reactive ketones (excluding diaryl/α,β-unsaturated/α-hetero) is 1. The van der Waals surface area contributed by atoms with Crippen molar-refractivity contribution in [3.05, 3.63) is 33.8 Å². The second-order valence-corrected chi connectivity index (χ2v) is 6.97. The molecule has 0 aromatic heterocycles. The molecule has 3 heteroatoms. The maximum Gasteiger partial charge on any atom is 0.162 e. The fourth-order valence-corrected chi connectivity index (χ4v) is 4.29. The van der Waals surface area contributed by atoms with E-state index in [4.69, 9.17) is 4.74 Å². The molecule has 1 unspecified atom stereocenters. The van der Waals surface area contributed by atoms with E-state index < -0.39 is 0 Å². The Balaban J connectivity index is 1.77. The van der Waals surface area contributed by atoms with Crippen molar-refractivity contribution < 1.29 is 9.53 Å². The molecule has 0 N–H and O–H groups in total. The van der Waals surface area contributed by atoms with Crippen molar-refractivity contribution >= 4 is 27.8 Å². The van der Waals surface area contributed by atoms with Crippen LogP contribution in [0.25, 0.3) is 6.08 Å². The molecule has 3 rings (SSSR count). The quantitative estimate of drug-likeness (QED) is 0.717. The number of hydrogen-bond donors (Lipinski definition) is 0. The number of benzene rings is 1. The van der Waals surface area contributed by atoms with Crippen LogP contribution in [-0.4, -0.2) is 12.9 Å². The molecule has 0 radical (unpaired) electrons. The van der Waals surface area contributed by atoms with Crippen LogP contribution in [0.5, 0.6) is 5.75 Å². The third-order valence-electron chi connectivity index (χ3n) is 4.86. The Bertz CT molecular complexity index is 571. The molecule has 0 saturated heterocycles. The van der Waals surface area contributed by atoms with Gasteiger partial charge in [-0.05, 0) is 76.9 Å². The van der Waals surface area contributed by atoms with Crippen LogP contribution >= 0.6 is 15.9 Å². The molecule has 0 amide bonds. The van der Waals surface area contributed by atoms with Crippen molar-refractivity contribution in [3.63, 3.8) is 0 Å². The summed E-state index contributed by atoms with van der Waals surface area (Å²) in [6.45, 7) is 0. The van der Waals surface area contributed by atoms with Crippen LogP contribution in [0.4, 0.5) is 0 Å². The van der Waals surface area contributed by atoms with Crippen molar-refractivity contribution in [3.8, 4) is 5.75 Å². The van der Waals surface area contributed by atoms with Gasteiger partial charge in [-0.2, -0.15) is 0 Å². The van der Waals surface area contributed by atoms with Gasteiger partial charge in [-0.15, -0.1) is 0 Å². The first-order chi connectivity index (χ1) is 10.2. The molecule has 2 saturated carbocycles. The van der Waals surface area contributed by atoms with E-state index in [1.807, 2.05) is 18.2 Å². The van der Waals surface area contributed by atoms with Gasteiger partial charge in [-0.3, -0.25) is 4.79 Å². The SMILES string of the molecule is COc1ccc(C=C2CCC(C3CCCC3)C2=O)cc1Br.